The standard InChI is InChI=1S/C25H26Cl2N4O3/c26-22-2-1-3-23(27)21(22)16-25(32)30-24-15-19(28-17-29-24)14-18-4-6-20(7-5-18)34-13-10-31-8-11-33-12-9-31/h1-7,15,17H,8-14,16H2,(H,28,29,30,32). The lowest BCUT2D eigenvalue weighted by atomic mass is 10.1. The van der Waals surface area contributed by atoms with Crippen LogP contribution in [0, 0.1) is 0 Å². The number of nitrogens with one attached hydrogen (secondary N) is 1. The molecule has 0 aliphatic carbocycles. The molecule has 1 fully saturated rings. The van der Waals surface area contributed by atoms with E-state index in [1.165, 1.54) is 6.33 Å². The Bertz CT molecular complexity index is 1090. The van der Waals surface area contributed by atoms with Crippen molar-refractivity contribution in [2.45, 2.75) is 12.8 Å². The number of rotatable bonds is 9. The number of hydrogen-bond donors (Lipinski definition) is 1. The van der Waals surface area contributed by atoms with E-state index in [2.05, 4.69) is 20.2 Å². The molecule has 34 heavy (non-hydrogen) atoms. The summed E-state index contributed by atoms with van der Waals surface area (Å²) < 4.78 is 11.2. The first-order valence-corrected chi connectivity index (χ1v) is 11.9. The monoisotopic (exact) mass is 500 g/mol. The number of amides is 1. The molecule has 0 saturated carbocycles. The van der Waals surface area contributed by atoms with E-state index >= 15 is 0 Å². The molecule has 7 nitrogen and oxygen atoms in total. The number of nitrogens with zero attached hydrogens (tertiary/aromatic N) is 3. The maximum Gasteiger partial charge on any atom is 0.230 e. The molecule has 2 aromatic carbocycles. The zero-order valence-corrected chi connectivity index (χ0v) is 20.2. The van der Waals surface area contributed by atoms with E-state index < -0.39 is 0 Å². The van der Waals surface area contributed by atoms with E-state index in [-0.39, 0.29) is 12.3 Å². The van der Waals surface area contributed by atoms with Crippen LogP contribution in [0.2, 0.25) is 10.0 Å². The van der Waals surface area contributed by atoms with E-state index in [9.17, 15) is 4.79 Å². The van der Waals surface area contributed by atoms with Crippen molar-refractivity contribution in [3.8, 4) is 5.75 Å². The molecule has 1 aromatic heterocycles. The van der Waals surface area contributed by atoms with Gasteiger partial charge in [0.2, 0.25) is 5.91 Å². The summed E-state index contributed by atoms with van der Waals surface area (Å²) in [5.41, 5.74) is 2.46. The minimum absolute atomic E-state index is 0.0604. The van der Waals surface area contributed by atoms with Crippen molar-refractivity contribution in [3.63, 3.8) is 0 Å². The normalized spacial score (nSPS) is 14.1. The van der Waals surface area contributed by atoms with Crippen molar-refractivity contribution in [1.29, 1.82) is 0 Å². The zero-order valence-electron chi connectivity index (χ0n) is 18.7. The maximum absolute atomic E-state index is 12.5. The Kier molecular flexibility index (Phi) is 8.71. The van der Waals surface area contributed by atoms with Crippen LogP contribution >= 0.6 is 23.2 Å². The first kappa shape index (κ1) is 24.4. The molecule has 2 heterocycles. The van der Waals surface area contributed by atoms with Crippen LogP contribution in [-0.2, 0) is 22.4 Å². The van der Waals surface area contributed by atoms with Crippen molar-refractivity contribution < 1.29 is 14.3 Å². The largest absolute Gasteiger partial charge is 0.492 e. The van der Waals surface area contributed by atoms with Crippen LogP contribution in [0.25, 0.3) is 0 Å². The minimum atomic E-state index is -0.252. The van der Waals surface area contributed by atoms with Gasteiger partial charge in [-0.3, -0.25) is 9.69 Å². The van der Waals surface area contributed by atoms with Crippen molar-refractivity contribution in [3.05, 3.63) is 81.7 Å². The highest BCUT2D eigenvalue weighted by molar-refractivity contribution is 6.36. The molecule has 1 saturated heterocycles. The third-order valence-electron chi connectivity index (χ3n) is 5.48. The Morgan fingerprint density at radius 3 is 2.53 bits per heavy atom. The first-order chi connectivity index (χ1) is 16.6. The number of ether oxygens (including phenoxy) is 2. The topological polar surface area (TPSA) is 76.6 Å². The van der Waals surface area contributed by atoms with Gasteiger partial charge in [0.15, 0.2) is 0 Å². The molecule has 0 spiro atoms. The second kappa shape index (κ2) is 12.1. The Morgan fingerprint density at radius 2 is 1.79 bits per heavy atom. The molecule has 0 bridgehead atoms. The molecular weight excluding hydrogens is 475 g/mol. The van der Waals surface area contributed by atoms with Gasteiger partial charge in [0, 0.05) is 42.2 Å². The molecule has 9 heteroatoms. The quantitative estimate of drug-likeness (QED) is 0.472. The number of benzene rings is 2. The average Bonchev–Trinajstić information content (AvgIpc) is 2.84. The highest BCUT2D eigenvalue weighted by atomic mass is 35.5. The number of anilines is 1. The third-order valence-corrected chi connectivity index (χ3v) is 6.19. The third kappa shape index (κ3) is 7.14. The summed E-state index contributed by atoms with van der Waals surface area (Å²) in [4.78, 5) is 23.3. The first-order valence-electron chi connectivity index (χ1n) is 11.1. The second-order valence-corrected chi connectivity index (χ2v) is 8.76. The van der Waals surface area contributed by atoms with E-state index in [4.69, 9.17) is 32.7 Å². The molecule has 0 radical (unpaired) electrons. The maximum atomic E-state index is 12.5. The summed E-state index contributed by atoms with van der Waals surface area (Å²) in [5, 5.41) is 3.71. The van der Waals surface area contributed by atoms with Gasteiger partial charge in [-0.15, -0.1) is 0 Å². The van der Waals surface area contributed by atoms with Gasteiger partial charge < -0.3 is 14.8 Å². The smallest absolute Gasteiger partial charge is 0.230 e. The molecule has 0 unspecified atom stereocenters. The van der Waals surface area contributed by atoms with Crippen molar-refractivity contribution >= 4 is 34.9 Å². The second-order valence-electron chi connectivity index (χ2n) is 7.94. The molecule has 4 rings (SSSR count). The fourth-order valence-electron chi connectivity index (χ4n) is 3.64. The lowest BCUT2D eigenvalue weighted by molar-refractivity contribution is -0.115. The Morgan fingerprint density at radius 1 is 1.06 bits per heavy atom. The van der Waals surface area contributed by atoms with E-state index in [0.717, 1.165) is 49.9 Å². The lowest BCUT2D eigenvalue weighted by Crippen LogP contribution is -2.38. The van der Waals surface area contributed by atoms with Crippen molar-refractivity contribution in [1.82, 2.24) is 14.9 Å². The van der Waals surface area contributed by atoms with Gasteiger partial charge in [0.05, 0.1) is 25.3 Å². The summed E-state index contributed by atoms with van der Waals surface area (Å²) in [6.07, 6.45) is 2.11. The number of hydrogen-bond acceptors (Lipinski definition) is 6. The number of halogens is 2. The molecule has 1 N–H and O–H groups in total. The van der Waals surface area contributed by atoms with E-state index in [1.54, 1.807) is 24.3 Å². The Labute approximate surface area is 209 Å². The van der Waals surface area contributed by atoms with Crippen LogP contribution in [0.3, 0.4) is 0 Å². The Hall–Kier alpha value is -2.71. The number of carbonyl (C=O) groups is 1. The molecular formula is C25H26Cl2N4O3. The molecule has 178 valence electrons. The predicted octanol–water partition coefficient (Wildman–Crippen LogP) is 4.27. The van der Waals surface area contributed by atoms with Crippen LogP contribution in [0.1, 0.15) is 16.8 Å². The number of aromatic nitrogens is 2. The van der Waals surface area contributed by atoms with E-state index in [1.807, 2.05) is 24.3 Å². The van der Waals surface area contributed by atoms with Crippen LogP contribution < -0.4 is 10.1 Å². The van der Waals surface area contributed by atoms with Gasteiger partial charge >= 0.3 is 0 Å². The van der Waals surface area contributed by atoms with Crippen molar-refractivity contribution in [2.75, 3.05) is 44.8 Å². The van der Waals surface area contributed by atoms with Crippen LogP contribution in [0.4, 0.5) is 5.82 Å². The summed E-state index contributed by atoms with van der Waals surface area (Å²) >= 11 is 12.3. The van der Waals surface area contributed by atoms with Gasteiger partial charge in [-0.1, -0.05) is 41.4 Å². The van der Waals surface area contributed by atoms with Gasteiger partial charge in [-0.05, 0) is 35.4 Å². The van der Waals surface area contributed by atoms with Gasteiger partial charge in [-0.2, -0.15) is 0 Å². The highest BCUT2D eigenvalue weighted by Crippen LogP contribution is 2.25. The molecule has 1 aliphatic rings. The SMILES string of the molecule is O=C(Cc1c(Cl)cccc1Cl)Nc1cc(Cc2ccc(OCCN3CCOCC3)cc2)ncn1. The van der Waals surface area contributed by atoms with Crippen molar-refractivity contribution in [2.24, 2.45) is 0 Å². The average molecular weight is 501 g/mol. The summed E-state index contributed by atoms with van der Waals surface area (Å²) in [6, 6.07) is 14.9. The highest BCUT2D eigenvalue weighted by Gasteiger charge is 2.12. The number of carbonyl (C=O) groups excluding carboxylic acids is 1. The number of morpholine rings is 1. The van der Waals surface area contributed by atoms with Crippen LogP contribution in [-0.4, -0.2) is 60.2 Å². The summed E-state index contributed by atoms with van der Waals surface area (Å²) in [7, 11) is 0. The fourth-order valence-corrected chi connectivity index (χ4v) is 4.17. The van der Waals surface area contributed by atoms with E-state index in [0.29, 0.717) is 34.5 Å². The zero-order chi connectivity index (χ0) is 23.8. The lowest BCUT2D eigenvalue weighted by Gasteiger charge is -2.26. The summed E-state index contributed by atoms with van der Waals surface area (Å²) in [6.45, 7) is 5.03. The minimum Gasteiger partial charge on any atom is -0.492 e. The van der Waals surface area contributed by atoms with Gasteiger partial charge in [-0.25, -0.2) is 9.97 Å². The van der Waals surface area contributed by atoms with Gasteiger partial charge in [0.25, 0.3) is 0 Å². The molecule has 1 aliphatic heterocycles. The Balaban J connectivity index is 1.28. The fraction of sp³-hybridized carbons (Fsp3) is 0.320. The predicted molar refractivity (Wildman–Crippen MR) is 133 cm³/mol. The molecule has 1 amide bonds. The van der Waals surface area contributed by atoms with Crippen LogP contribution in [0.5, 0.6) is 5.75 Å². The summed E-state index contributed by atoms with van der Waals surface area (Å²) in [5.74, 6) is 1.02. The van der Waals surface area contributed by atoms with Gasteiger partial charge in [0.1, 0.15) is 24.5 Å². The van der Waals surface area contributed by atoms with Crippen LogP contribution in [0.15, 0.2) is 54.9 Å². The molecule has 0 atom stereocenters. The molecule has 3 aromatic rings.